The van der Waals surface area contributed by atoms with Crippen LogP contribution in [0.15, 0.2) is 24.3 Å². The fourth-order valence-electron chi connectivity index (χ4n) is 2.59. The number of carbonyl (C=O) groups is 2. The third-order valence-corrected chi connectivity index (χ3v) is 3.65. The molecule has 0 radical (unpaired) electrons. The Labute approximate surface area is 132 Å². The van der Waals surface area contributed by atoms with Gasteiger partial charge in [0.05, 0.1) is 18.2 Å². The summed E-state index contributed by atoms with van der Waals surface area (Å²) in [6.45, 7) is -1.79. The summed E-state index contributed by atoms with van der Waals surface area (Å²) in [7, 11) is 0. The molecule has 1 aromatic rings. The van der Waals surface area contributed by atoms with Crippen molar-refractivity contribution < 1.29 is 23.1 Å². The molecule has 1 atom stereocenters. The van der Waals surface area contributed by atoms with Crippen LogP contribution in [0.5, 0.6) is 5.75 Å². The molecule has 1 heterocycles. The van der Waals surface area contributed by atoms with Crippen molar-refractivity contribution in [3.63, 3.8) is 0 Å². The maximum Gasteiger partial charge on any atom is 0.387 e. The first kappa shape index (κ1) is 17.1. The number of halogens is 2. The van der Waals surface area contributed by atoms with Crippen LogP contribution in [-0.4, -0.2) is 43.0 Å². The highest BCUT2D eigenvalue weighted by atomic mass is 19.3. The van der Waals surface area contributed by atoms with Gasteiger partial charge >= 0.3 is 6.61 Å². The lowest BCUT2D eigenvalue weighted by Gasteiger charge is -2.30. The molecule has 0 aromatic heterocycles. The summed E-state index contributed by atoms with van der Waals surface area (Å²) < 4.78 is 29.0. The number of carbonyl (C=O) groups excluding carboxylic acids is 2. The van der Waals surface area contributed by atoms with E-state index in [-0.39, 0.29) is 35.7 Å². The van der Waals surface area contributed by atoms with E-state index in [1.807, 2.05) is 4.90 Å². The van der Waals surface area contributed by atoms with Crippen molar-refractivity contribution in [1.29, 1.82) is 0 Å². The second-order valence-corrected chi connectivity index (χ2v) is 5.40. The van der Waals surface area contributed by atoms with Crippen LogP contribution in [0.25, 0.3) is 0 Å². The minimum atomic E-state index is -2.97. The van der Waals surface area contributed by atoms with E-state index in [2.05, 4.69) is 10.1 Å². The molecule has 23 heavy (non-hydrogen) atoms. The van der Waals surface area contributed by atoms with E-state index in [1.165, 1.54) is 18.2 Å². The quantitative estimate of drug-likeness (QED) is 0.828. The lowest BCUT2D eigenvalue weighted by Crippen LogP contribution is -2.44. The van der Waals surface area contributed by atoms with Crippen molar-refractivity contribution >= 4 is 17.5 Å². The second-order valence-electron chi connectivity index (χ2n) is 5.40. The maximum absolute atomic E-state index is 12.3. The fraction of sp³-hybridized carbons (Fsp3) is 0.467. The Morgan fingerprint density at radius 2 is 2.13 bits per heavy atom. The molecule has 0 unspecified atom stereocenters. The Morgan fingerprint density at radius 1 is 1.39 bits per heavy atom. The maximum atomic E-state index is 12.3. The number of para-hydroxylation sites is 2. The van der Waals surface area contributed by atoms with E-state index in [1.54, 1.807) is 6.07 Å². The summed E-state index contributed by atoms with van der Waals surface area (Å²) in [4.78, 5) is 25.1. The lowest BCUT2D eigenvalue weighted by atomic mass is 9.97. The number of piperidine rings is 1. The van der Waals surface area contributed by atoms with Gasteiger partial charge in [0, 0.05) is 6.54 Å². The van der Waals surface area contributed by atoms with Gasteiger partial charge in [-0.1, -0.05) is 12.1 Å². The van der Waals surface area contributed by atoms with Crippen LogP contribution in [0.1, 0.15) is 12.8 Å². The Bertz CT molecular complexity index is 569. The largest absolute Gasteiger partial charge is 0.433 e. The minimum Gasteiger partial charge on any atom is -0.433 e. The van der Waals surface area contributed by atoms with Crippen LogP contribution in [0.2, 0.25) is 0 Å². The minimum absolute atomic E-state index is 0.0623. The van der Waals surface area contributed by atoms with Gasteiger partial charge in [-0.25, -0.2) is 0 Å². The highest BCUT2D eigenvalue weighted by Crippen LogP contribution is 2.25. The van der Waals surface area contributed by atoms with Crippen LogP contribution in [-0.2, 0) is 9.59 Å². The van der Waals surface area contributed by atoms with Gasteiger partial charge in [0.2, 0.25) is 11.8 Å². The first-order valence-electron chi connectivity index (χ1n) is 7.31. The number of primary amides is 1. The molecule has 1 aliphatic rings. The zero-order valence-corrected chi connectivity index (χ0v) is 12.5. The number of rotatable bonds is 6. The molecule has 126 valence electrons. The van der Waals surface area contributed by atoms with E-state index in [0.29, 0.717) is 13.1 Å². The van der Waals surface area contributed by atoms with Crippen molar-refractivity contribution in [3.8, 4) is 5.75 Å². The molecule has 0 saturated carbocycles. The van der Waals surface area contributed by atoms with E-state index >= 15 is 0 Å². The molecular formula is C15H19F2N3O3. The van der Waals surface area contributed by atoms with Gasteiger partial charge in [-0.15, -0.1) is 0 Å². The number of nitrogens with zero attached hydrogens (tertiary/aromatic N) is 1. The number of hydrogen-bond donors (Lipinski definition) is 2. The van der Waals surface area contributed by atoms with E-state index in [4.69, 9.17) is 5.73 Å². The number of nitrogens with one attached hydrogen (secondary N) is 1. The van der Waals surface area contributed by atoms with E-state index < -0.39 is 6.61 Å². The fourth-order valence-corrected chi connectivity index (χ4v) is 2.59. The molecule has 0 spiro atoms. The lowest BCUT2D eigenvalue weighted by molar-refractivity contribution is -0.125. The number of ether oxygens (including phenoxy) is 1. The number of alkyl halides is 2. The van der Waals surface area contributed by atoms with Crippen molar-refractivity contribution in [2.24, 2.45) is 11.7 Å². The molecule has 2 amide bonds. The molecule has 1 saturated heterocycles. The molecule has 1 fully saturated rings. The highest BCUT2D eigenvalue weighted by molar-refractivity contribution is 5.93. The van der Waals surface area contributed by atoms with E-state index in [9.17, 15) is 18.4 Å². The Kier molecular flexibility index (Phi) is 5.86. The summed E-state index contributed by atoms with van der Waals surface area (Å²) in [5.74, 6) is -1.08. The molecule has 6 nitrogen and oxygen atoms in total. The molecule has 3 N–H and O–H groups in total. The first-order chi connectivity index (χ1) is 11.0. The highest BCUT2D eigenvalue weighted by Gasteiger charge is 2.25. The smallest absolute Gasteiger partial charge is 0.387 e. The molecule has 2 rings (SSSR count). The normalized spacial score (nSPS) is 18.7. The summed E-state index contributed by atoms with van der Waals surface area (Å²) in [5.41, 5.74) is 5.48. The summed E-state index contributed by atoms with van der Waals surface area (Å²) in [6, 6.07) is 5.98. The summed E-state index contributed by atoms with van der Waals surface area (Å²) >= 11 is 0. The van der Waals surface area contributed by atoms with Crippen molar-refractivity contribution in [2.75, 3.05) is 25.0 Å². The number of amides is 2. The topological polar surface area (TPSA) is 84.7 Å². The van der Waals surface area contributed by atoms with E-state index in [0.717, 1.165) is 12.8 Å². The first-order valence-corrected chi connectivity index (χ1v) is 7.31. The zero-order valence-electron chi connectivity index (χ0n) is 12.5. The van der Waals surface area contributed by atoms with Crippen LogP contribution < -0.4 is 15.8 Å². The summed E-state index contributed by atoms with van der Waals surface area (Å²) in [5, 5.41) is 2.55. The average Bonchev–Trinajstić information content (AvgIpc) is 2.49. The number of likely N-dealkylation sites (tertiary alicyclic amines) is 1. The predicted octanol–water partition coefficient (Wildman–Crippen LogP) is 1.42. The van der Waals surface area contributed by atoms with Gasteiger partial charge in [0.15, 0.2) is 0 Å². The van der Waals surface area contributed by atoms with Crippen molar-refractivity contribution in [3.05, 3.63) is 24.3 Å². The molecule has 8 heteroatoms. The van der Waals surface area contributed by atoms with Crippen LogP contribution in [0.4, 0.5) is 14.5 Å². The third kappa shape index (κ3) is 5.17. The van der Waals surface area contributed by atoms with Gasteiger partial charge in [-0.3, -0.25) is 14.5 Å². The van der Waals surface area contributed by atoms with Crippen molar-refractivity contribution in [2.45, 2.75) is 19.5 Å². The number of nitrogens with two attached hydrogens (primary N) is 1. The monoisotopic (exact) mass is 327 g/mol. The zero-order chi connectivity index (χ0) is 16.8. The van der Waals surface area contributed by atoms with Gasteiger partial charge in [-0.2, -0.15) is 8.78 Å². The van der Waals surface area contributed by atoms with Crippen LogP contribution in [0.3, 0.4) is 0 Å². The molecule has 1 aliphatic heterocycles. The van der Waals surface area contributed by atoms with Gasteiger partial charge in [0.25, 0.3) is 0 Å². The number of anilines is 1. The molecule has 0 bridgehead atoms. The van der Waals surface area contributed by atoms with Crippen LogP contribution in [0, 0.1) is 5.92 Å². The Morgan fingerprint density at radius 3 is 2.83 bits per heavy atom. The molecule has 1 aromatic carbocycles. The number of benzene rings is 1. The third-order valence-electron chi connectivity index (χ3n) is 3.65. The molecular weight excluding hydrogens is 308 g/mol. The van der Waals surface area contributed by atoms with Gasteiger partial charge in [-0.05, 0) is 31.5 Å². The van der Waals surface area contributed by atoms with Gasteiger partial charge in [0.1, 0.15) is 5.75 Å². The average molecular weight is 327 g/mol. The van der Waals surface area contributed by atoms with Gasteiger partial charge < -0.3 is 15.8 Å². The van der Waals surface area contributed by atoms with Crippen LogP contribution >= 0.6 is 0 Å². The number of hydrogen-bond acceptors (Lipinski definition) is 4. The Hall–Kier alpha value is -2.22. The molecule has 0 aliphatic carbocycles. The summed E-state index contributed by atoms with van der Waals surface area (Å²) in [6.07, 6.45) is 1.50. The standard InChI is InChI=1S/C15H19F2N3O3/c16-15(17)23-12-6-2-1-5-11(12)19-13(21)9-20-7-3-4-10(8-20)14(18)22/h1-2,5-6,10,15H,3-4,7-9H2,(H2,18,22)(H,19,21)/t10-/m0/s1. The second kappa shape index (κ2) is 7.87. The van der Waals surface area contributed by atoms with Crippen molar-refractivity contribution in [1.82, 2.24) is 4.90 Å². The predicted molar refractivity (Wildman–Crippen MR) is 80.1 cm³/mol. The Balaban J connectivity index is 1.93. The SMILES string of the molecule is NC(=O)[C@H]1CCCN(CC(=O)Nc2ccccc2OC(F)F)C1.